The summed E-state index contributed by atoms with van der Waals surface area (Å²) in [6, 6.07) is 15.2. The van der Waals surface area contributed by atoms with Gasteiger partial charge >= 0.3 is 0 Å². The summed E-state index contributed by atoms with van der Waals surface area (Å²) in [5.74, 6) is 0.810. The van der Waals surface area contributed by atoms with Gasteiger partial charge in [0.25, 0.3) is 0 Å². The molecule has 1 aliphatic rings. The molecule has 6 heteroatoms. The van der Waals surface area contributed by atoms with Crippen LogP contribution in [0.25, 0.3) is 11.1 Å². The van der Waals surface area contributed by atoms with Gasteiger partial charge in [0.05, 0.1) is 25.9 Å². The maximum absolute atomic E-state index is 10.1. The highest BCUT2D eigenvalue weighted by Crippen LogP contribution is 2.25. The molecule has 1 heterocycles. The monoisotopic (exact) mass is 359 g/mol. The smallest absolute Gasteiger partial charge is 0.118 e. The van der Waals surface area contributed by atoms with Crippen LogP contribution >= 0.6 is 0 Å². The first-order valence-corrected chi connectivity index (χ1v) is 8.66. The molecular weight excluding hydrogens is 334 g/mol. The van der Waals surface area contributed by atoms with Gasteiger partial charge in [-0.3, -0.25) is 4.90 Å². The fourth-order valence-electron chi connectivity index (χ4n) is 3.38. The van der Waals surface area contributed by atoms with E-state index < -0.39 is 24.4 Å². The van der Waals surface area contributed by atoms with Crippen LogP contribution in [-0.2, 0) is 6.54 Å². The van der Waals surface area contributed by atoms with Crippen molar-refractivity contribution in [3.8, 4) is 16.9 Å². The number of hydrogen-bond donors (Lipinski definition) is 4. The number of benzene rings is 2. The molecule has 26 heavy (non-hydrogen) atoms. The zero-order valence-electron chi connectivity index (χ0n) is 14.7. The van der Waals surface area contributed by atoms with Crippen LogP contribution in [-0.4, -0.2) is 69.9 Å². The van der Waals surface area contributed by atoms with Crippen molar-refractivity contribution in [3.05, 3.63) is 54.1 Å². The Morgan fingerprint density at radius 1 is 0.923 bits per heavy atom. The second-order valence-corrected chi connectivity index (χ2v) is 6.65. The minimum atomic E-state index is -1.24. The molecule has 4 atom stereocenters. The van der Waals surface area contributed by atoms with Crippen molar-refractivity contribution >= 4 is 0 Å². The molecule has 3 rings (SSSR count). The number of rotatable bonds is 5. The van der Waals surface area contributed by atoms with Crippen molar-refractivity contribution in [1.82, 2.24) is 4.90 Å². The molecule has 0 saturated carbocycles. The third-order valence-electron chi connectivity index (χ3n) is 4.98. The summed E-state index contributed by atoms with van der Waals surface area (Å²) in [5, 5.41) is 39.3. The second kappa shape index (κ2) is 8.16. The maximum atomic E-state index is 10.1. The van der Waals surface area contributed by atoms with Crippen molar-refractivity contribution < 1.29 is 25.2 Å². The summed E-state index contributed by atoms with van der Waals surface area (Å²) in [5.41, 5.74) is 3.15. The van der Waals surface area contributed by atoms with Crippen molar-refractivity contribution in [1.29, 1.82) is 0 Å². The van der Waals surface area contributed by atoms with Gasteiger partial charge in [0.2, 0.25) is 0 Å². The average Bonchev–Trinajstić information content (AvgIpc) is 2.67. The highest BCUT2D eigenvalue weighted by atomic mass is 16.5. The Kier molecular flexibility index (Phi) is 5.90. The van der Waals surface area contributed by atoms with E-state index in [1.165, 1.54) is 0 Å². The predicted molar refractivity (Wildman–Crippen MR) is 97.7 cm³/mol. The number of aliphatic hydroxyl groups is 4. The van der Waals surface area contributed by atoms with Gasteiger partial charge in [-0.05, 0) is 28.8 Å². The highest BCUT2D eigenvalue weighted by Gasteiger charge is 2.40. The number of likely N-dealkylation sites (tertiary alicyclic amines) is 1. The van der Waals surface area contributed by atoms with Crippen LogP contribution in [0.4, 0.5) is 0 Å². The van der Waals surface area contributed by atoms with Crippen molar-refractivity contribution in [2.24, 2.45) is 0 Å². The summed E-state index contributed by atoms with van der Waals surface area (Å²) in [6.07, 6.45) is -3.45. The lowest BCUT2D eigenvalue weighted by Crippen LogP contribution is -2.62. The van der Waals surface area contributed by atoms with Gasteiger partial charge in [0.1, 0.15) is 18.0 Å². The minimum absolute atomic E-state index is 0.198. The third-order valence-corrected chi connectivity index (χ3v) is 4.98. The fourth-order valence-corrected chi connectivity index (χ4v) is 3.38. The van der Waals surface area contributed by atoms with Gasteiger partial charge in [-0.2, -0.15) is 0 Å². The lowest BCUT2D eigenvalue weighted by atomic mass is 9.93. The highest BCUT2D eigenvalue weighted by molar-refractivity contribution is 5.64. The van der Waals surface area contributed by atoms with Crippen LogP contribution in [0.5, 0.6) is 5.75 Å². The van der Waals surface area contributed by atoms with Crippen LogP contribution in [0.3, 0.4) is 0 Å². The summed E-state index contributed by atoms with van der Waals surface area (Å²) >= 11 is 0. The third kappa shape index (κ3) is 3.90. The van der Waals surface area contributed by atoms with Crippen LogP contribution in [0, 0.1) is 0 Å². The van der Waals surface area contributed by atoms with E-state index in [0.717, 1.165) is 22.4 Å². The Balaban J connectivity index is 1.72. The van der Waals surface area contributed by atoms with Crippen molar-refractivity contribution in [2.45, 2.75) is 30.9 Å². The Morgan fingerprint density at radius 2 is 1.50 bits per heavy atom. The first-order valence-electron chi connectivity index (χ1n) is 8.66. The van der Waals surface area contributed by atoms with E-state index in [2.05, 4.69) is 0 Å². The Bertz CT molecular complexity index is 703. The van der Waals surface area contributed by atoms with E-state index >= 15 is 0 Å². The average molecular weight is 359 g/mol. The molecule has 0 bridgehead atoms. The molecule has 6 nitrogen and oxygen atoms in total. The summed E-state index contributed by atoms with van der Waals surface area (Å²) < 4.78 is 5.17. The molecule has 4 N–H and O–H groups in total. The molecule has 2 aromatic carbocycles. The molecule has 0 spiro atoms. The number of methoxy groups -OCH3 is 1. The van der Waals surface area contributed by atoms with E-state index in [-0.39, 0.29) is 13.2 Å². The molecule has 2 aromatic rings. The van der Waals surface area contributed by atoms with Crippen LogP contribution in [0.2, 0.25) is 0 Å². The first-order chi connectivity index (χ1) is 12.5. The van der Waals surface area contributed by atoms with Crippen molar-refractivity contribution in [3.63, 3.8) is 0 Å². The van der Waals surface area contributed by atoms with Crippen molar-refractivity contribution in [2.75, 3.05) is 20.3 Å². The summed E-state index contributed by atoms with van der Waals surface area (Å²) in [6.45, 7) is 0.382. The number of aliphatic hydroxyl groups excluding tert-OH is 4. The minimum Gasteiger partial charge on any atom is -0.497 e. The number of β-amino-alcohol motifs (C(OH)–C–C–N with tert-alkyl or cyclic N) is 1. The molecule has 0 amide bonds. The molecule has 0 aromatic heterocycles. The normalized spacial score (nSPS) is 26.7. The number of hydrogen-bond acceptors (Lipinski definition) is 6. The van der Waals surface area contributed by atoms with E-state index in [1.54, 1.807) is 12.0 Å². The standard InChI is InChI=1S/C20H25NO5/c1-26-16-8-6-15(7-9-16)14-4-2-13(3-5-14)10-21-11-18(23)20(25)19(24)17(21)12-22/h2-9,17-20,22-25H,10-12H2,1H3/t17-,18+,19-,20-/m1/s1. The van der Waals surface area contributed by atoms with Gasteiger partial charge < -0.3 is 25.2 Å². The van der Waals surface area contributed by atoms with Gasteiger partial charge in [-0.15, -0.1) is 0 Å². The topological polar surface area (TPSA) is 93.4 Å². The second-order valence-electron chi connectivity index (χ2n) is 6.65. The van der Waals surface area contributed by atoms with Gasteiger partial charge in [-0.1, -0.05) is 36.4 Å². The Hall–Kier alpha value is -1.96. The number of nitrogens with zero attached hydrogens (tertiary/aromatic N) is 1. The molecule has 140 valence electrons. The zero-order valence-corrected chi connectivity index (χ0v) is 14.7. The van der Waals surface area contributed by atoms with E-state index in [0.29, 0.717) is 6.54 Å². The van der Waals surface area contributed by atoms with Crippen LogP contribution in [0.15, 0.2) is 48.5 Å². The van der Waals surface area contributed by atoms with Crippen LogP contribution < -0.4 is 4.74 Å². The molecular formula is C20H25NO5. The molecule has 1 aliphatic heterocycles. The molecule has 1 fully saturated rings. The summed E-state index contributed by atoms with van der Waals surface area (Å²) in [4.78, 5) is 1.80. The lowest BCUT2D eigenvalue weighted by Gasteiger charge is -2.43. The molecule has 0 unspecified atom stereocenters. The quantitative estimate of drug-likeness (QED) is 0.626. The largest absolute Gasteiger partial charge is 0.497 e. The Labute approximate surface area is 152 Å². The van der Waals surface area contributed by atoms with E-state index in [9.17, 15) is 20.4 Å². The first kappa shape index (κ1) is 18.8. The number of piperidine rings is 1. The fraction of sp³-hybridized carbons (Fsp3) is 0.400. The number of ether oxygens (including phenoxy) is 1. The van der Waals surface area contributed by atoms with Gasteiger partial charge in [-0.25, -0.2) is 0 Å². The van der Waals surface area contributed by atoms with E-state index in [4.69, 9.17) is 4.74 Å². The summed E-state index contributed by atoms with van der Waals surface area (Å²) in [7, 11) is 1.64. The maximum Gasteiger partial charge on any atom is 0.118 e. The van der Waals surface area contributed by atoms with Gasteiger partial charge in [0, 0.05) is 13.1 Å². The van der Waals surface area contributed by atoms with E-state index in [1.807, 2.05) is 48.5 Å². The zero-order chi connectivity index (χ0) is 18.7. The molecule has 0 radical (unpaired) electrons. The van der Waals surface area contributed by atoms with Gasteiger partial charge in [0.15, 0.2) is 0 Å². The lowest BCUT2D eigenvalue weighted by molar-refractivity contribution is -0.147. The SMILES string of the molecule is COc1ccc(-c2ccc(CN3C[C@H](O)[C@@H](O)[C@H](O)[C@H]3CO)cc2)cc1. The predicted octanol–water partition coefficient (Wildman–Crippen LogP) is 0.621. The molecule has 1 saturated heterocycles. The van der Waals surface area contributed by atoms with Crippen LogP contribution in [0.1, 0.15) is 5.56 Å². The molecule has 0 aliphatic carbocycles. The Morgan fingerprint density at radius 3 is 2.04 bits per heavy atom.